The Morgan fingerprint density at radius 3 is 2.50 bits per heavy atom. The SMILES string of the molecule is CCNC(=NC)NCc1ccccc1CN1CCOCC1.I. The van der Waals surface area contributed by atoms with Crippen molar-refractivity contribution in [1.82, 2.24) is 15.5 Å². The second kappa shape index (κ2) is 10.8. The normalized spacial score (nSPS) is 16.0. The molecule has 6 heteroatoms. The maximum Gasteiger partial charge on any atom is 0.191 e. The van der Waals surface area contributed by atoms with Crippen molar-refractivity contribution < 1.29 is 4.74 Å². The lowest BCUT2D eigenvalue weighted by Gasteiger charge is -2.27. The predicted molar refractivity (Wildman–Crippen MR) is 102 cm³/mol. The van der Waals surface area contributed by atoms with Crippen molar-refractivity contribution in [3.05, 3.63) is 35.4 Å². The lowest BCUT2D eigenvalue weighted by atomic mass is 10.1. The summed E-state index contributed by atoms with van der Waals surface area (Å²) in [6.07, 6.45) is 0. The summed E-state index contributed by atoms with van der Waals surface area (Å²) < 4.78 is 5.41. The fraction of sp³-hybridized carbons (Fsp3) is 0.562. The number of hydrogen-bond acceptors (Lipinski definition) is 3. The highest BCUT2D eigenvalue weighted by atomic mass is 127. The second-order valence-electron chi connectivity index (χ2n) is 5.11. The highest BCUT2D eigenvalue weighted by Gasteiger charge is 2.12. The molecule has 124 valence electrons. The van der Waals surface area contributed by atoms with Gasteiger partial charge in [-0.1, -0.05) is 24.3 Å². The van der Waals surface area contributed by atoms with Gasteiger partial charge in [0.25, 0.3) is 0 Å². The van der Waals surface area contributed by atoms with Gasteiger partial charge in [-0.3, -0.25) is 9.89 Å². The third kappa shape index (κ3) is 6.10. The van der Waals surface area contributed by atoms with Gasteiger partial charge in [0, 0.05) is 39.8 Å². The molecule has 0 spiro atoms. The summed E-state index contributed by atoms with van der Waals surface area (Å²) in [5.41, 5.74) is 2.70. The Labute approximate surface area is 150 Å². The third-order valence-electron chi connectivity index (χ3n) is 3.63. The smallest absolute Gasteiger partial charge is 0.191 e. The number of guanidine groups is 1. The van der Waals surface area contributed by atoms with Gasteiger partial charge in [-0.05, 0) is 18.1 Å². The Morgan fingerprint density at radius 2 is 1.86 bits per heavy atom. The molecule has 5 nitrogen and oxygen atoms in total. The minimum absolute atomic E-state index is 0. The molecule has 1 aromatic rings. The average Bonchev–Trinajstić information content (AvgIpc) is 2.53. The number of halogens is 1. The van der Waals surface area contributed by atoms with Crippen molar-refractivity contribution in [1.29, 1.82) is 0 Å². The van der Waals surface area contributed by atoms with Crippen LogP contribution in [0.25, 0.3) is 0 Å². The van der Waals surface area contributed by atoms with Gasteiger partial charge in [-0.2, -0.15) is 0 Å². The highest BCUT2D eigenvalue weighted by molar-refractivity contribution is 14.0. The van der Waals surface area contributed by atoms with Gasteiger partial charge in [-0.25, -0.2) is 0 Å². The van der Waals surface area contributed by atoms with Crippen LogP contribution in [-0.2, 0) is 17.8 Å². The number of rotatable bonds is 5. The van der Waals surface area contributed by atoms with Crippen LogP contribution in [0, 0.1) is 0 Å². The topological polar surface area (TPSA) is 48.9 Å². The summed E-state index contributed by atoms with van der Waals surface area (Å²) in [6.45, 7) is 8.43. The number of hydrogen-bond donors (Lipinski definition) is 2. The van der Waals surface area contributed by atoms with Crippen LogP contribution < -0.4 is 10.6 Å². The Balaban J connectivity index is 0.00000242. The molecule has 1 saturated heterocycles. The number of benzene rings is 1. The van der Waals surface area contributed by atoms with Crippen LogP contribution in [0.5, 0.6) is 0 Å². The molecule has 0 unspecified atom stereocenters. The van der Waals surface area contributed by atoms with E-state index >= 15 is 0 Å². The molecular formula is C16H27IN4O. The van der Waals surface area contributed by atoms with E-state index in [4.69, 9.17) is 4.74 Å². The maximum absolute atomic E-state index is 5.41. The van der Waals surface area contributed by atoms with Gasteiger partial charge >= 0.3 is 0 Å². The molecule has 0 radical (unpaired) electrons. The molecule has 0 saturated carbocycles. The van der Waals surface area contributed by atoms with Gasteiger partial charge in [-0.15, -0.1) is 24.0 Å². The van der Waals surface area contributed by atoms with Crippen molar-refractivity contribution in [3.8, 4) is 0 Å². The van der Waals surface area contributed by atoms with Gasteiger partial charge in [0.1, 0.15) is 0 Å². The summed E-state index contributed by atoms with van der Waals surface area (Å²) in [6, 6.07) is 8.60. The first-order chi connectivity index (χ1) is 10.3. The minimum Gasteiger partial charge on any atom is -0.379 e. The molecule has 22 heavy (non-hydrogen) atoms. The van der Waals surface area contributed by atoms with E-state index in [1.807, 2.05) is 0 Å². The van der Waals surface area contributed by atoms with E-state index in [1.54, 1.807) is 7.05 Å². The van der Waals surface area contributed by atoms with E-state index in [1.165, 1.54) is 11.1 Å². The van der Waals surface area contributed by atoms with Crippen LogP contribution in [0.3, 0.4) is 0 Å². The summed E-state index contributed by atoms with van der Waals surface area (Å²) in [7, 11) is 1.80. The number of nitrogens with zero attached hydrogens (tertiary/aromatic N) is 2. The van der Waals surface area contributed by atoms with Crippen LogP contribution in [0.4, 0.5) is 0 Å². The van der Waals surface area contributed by atoms with Crippen LogP contribution in [0.15, 0.2) is 29.3 Å². The molecule has 1 aromatic carbocycles. The molecule has 1 aliphatic rings. The van der Waals surface area contributed by atoms with Crippen LogP contribution in [0.2, 0.25) is 0 Å². The number of ether oxygens (including phenoxy) is 1. The zero-order valence-electron chi connectivity index (χ0n) is 13.5. The number of aliphatic imine (C=N–C) groups is 1. The maximum atomic E-state index is 5.41. The first kappa shape index (κ1) is 19.2. The van der Waals surface area contributed by atoms with E-state index < -0.39 is 0 Å². The molecule has 0 aliphatic carbocycles. The lowest BCUT2D eigenvalue weighted by Crippen LogP contribution is -2.37. The number of nitrogens with one attached hydrogen (secondary N) is 2. The van der Waals surface area contributed by atoms with Crippen LogP contribution in [-0.4, -0.2) is 50.8 Å². The summed E-state index contributed by atoms with van der Waals surface area (Å²) in [5.74, 6) is 0.846. The predicted octanol–water partition coefficient (Wildman–Crippen LogP) is 1.82. The molecule has 2 N–H and O–H groups in total. The molecule has 0 bridgehead atoms. The summed E-state index contributed by atoms with van der Waals surface area (Å²) in [5, 5.41) is 6.58. The fourth-order valence-electron chi connectivity index (χ4n) is 2.45. The van der Waals surface area contributed by atoms with E-state index in [2.05, 4.69) is 51.7 Å². The van der Waals surface area contributed by atoms with E-state index in [9.17, 15) is 0 Å². The molecule has 0 atom stereocenters. The van der Waals surface area contributed by atoms with Gasteiger partial charge in [0.15, 0.2) is 5.96 Å². The van der Waals surface area contributed by atoms with Crippen molar-refractivity contribution >= 4 is 29.9 Å². The standard InChI is InChI=1S/C16H26N4O.HI/c1-3-18-16(17-2)19-12-14-6-4-5-7-15(14)13-20-8-10-21-11-9-20;/h4-7H,3,8-13H2,1-2H3,(H2,17,18,19);1H. The molecule has 1 aliphatic heterocycles. The quantitative estimate of drug-likeness (QED) is 0.435. The monoisotopic (exact) mass is 418 g/mol. The minimum atomic E-state index is 0. The van der Waals surface area contributed by atoms with Crippen molar-refractivity contribution in [2.45, 2.75) is 20.0 Å². The van der Waals surface area contributed by atoms with Crippen LogP contribution in [0.1, 0.15) is 18.1 Å². The van der Waals surface area contributed by atoms with Gasteiger partial charge < -0.3 is 15.4 Å². The first-order valence-corrected chi connectivity index (χ1v) is 7.65. The fourth-order valence-corrected chi connectivity index (χ4v) is 2.45. The number of morpholine rings is 1. The molecule has 1 heterocycles. The van der Waals surface area contributed by atoms with Gasteiger partial charge in [0.2, 0.25) is 0 Å². The zero-order chi connectivity index (χ0) is 14.9. The van der Waals surface area contributed by atoms with Gasteiger partial charge in [0.05, 0.1) is 13.2 Å². The Bertz CT molecular complexity index is 461. The molecule has 2 rings (SSSR count). The lowest BCUT2D eigenvalue weighted by molar-refractivity contribution is 0.0341. The highest BCUT2D eigenvalue weighted by Crippen LogP contribution is 2.12. The third-order valence-corrected chi connectivity index (χ3v) is 3.63. The Hall–Kier alpha value is -0.860. The molecule has 0 amide bonds. The van der Waals surface area contributed by atoms with Crippen molar-refractivity contribution in [2.24, 2.45) is 4.99 Å². The average molecular weight is 418 g/mol. The Kier molecular flexibility index (Phi) is 9.42. The second-order valence-corrected chi connectivity index (χ2v) is 5.11. The molecule has 0 aromatic heterocycles. The van der Waals surface area contributed by atoms with E-state index in [0.29, 0.717) is 0 Å². The first-order valence-electron chi connectivity index (χ1n) is 7.65. The largest absolute Gasteiger partial charge is 0.379 e. The van der Waals surface area contributed by atoms with Crippen LogP contribution >= 0.6 is 24.0 Å². The van der Waals surface area contributed by atoms with Crippen molar-refractivity contribution in [3.63, 3.8) is 0 Å². The van der Waals surface area contributed by atoms with E-state index in [0.717, 1.165) is 51.9 Å². The summed E-state index contributed by atoms with van der Waals surface area (Å²) in [4.78, 5) is 6.65. The Morgan fingerprint density at radius 1 is 1.18 bits per heavy atom. The van der Waals surface area contributed by atoms with E-state index in [-0.39, 0.29) is 24.0 Å². The molecule has 1 fully saturated rings. The summed E-state index contributed by atoms with van der Waals surface area (Å²) >= 11 is 0. The van der Waals surface area contributed by atoms with Crippen molar-refractivity contribution in [2.75, 3.05) is 39.9 Å². The molecular weight excluding hydrogens is 391 g/mol. The zero-order valence-corrected chi connectivity index (χ0v) is 15.8.